The van der Waals surface area contributed by atoms with Crippen molar-refractivity contribution in [1.82, 2.24) is 5.32 Å². The Hall–Kier alpha value is -1.74. The van der Waals surface area contributed by atoms with Gasteiger partial charge in [0, 0.05) is 12.2 Å². The second kappa shape index (κ2) is 6.14. The average molecular weight is 283 g/mol. The molecule has 0 spiro atoms. The van der Waals surface area contributed by atoms with Crippen molar-refractivity contribution < 1.29 is 13.2 Å². The van der Waals surface area contributed by atoms with Crippen LogP contribution in [0.3, 0.4) is 0 Å². The zero-order valence-corrected chi connectivity index (χ0v) is 10.9. The minimum atomic E-state index is -4.49. The first kappa shape index (κ1) is 14.7. The Bertz CT molecular complexity index is 499. The molecule has 20 heavy (non-hydrogen) atoms. The first-order chi connectivity index (χ1) is 9.50. The molecule has 1 aromatic carbocycles. The Morgan fingerprint density at radius 1 is 1.40 bits per heavy atom. The molecule has 1 aromatic rings. The monoisotopic (exact) mass is 283 g/mol. The van der Waals surface area contributed by atoms with Gasteiger partial charge in [-0.05, 0) is 50.0 Å². The SMILES string of the molecule is N#Cc1cc(NCC2CCCNC2)ccc1C(F)(F)F. The second-order valence-electron chi connectivity index (χ2n) is 4.96. The largest absolute Gasteiger partial charge is 0.417 e. The van der Waals surface area contributed by atoms with Gasteiger partial charge in [0.15, 0.2) is 0 Å². The highest BCUT2D eigenvalue weighted by Crippen LogP contribution is 2.33. The third-order valence-electron chi connectivity index (χ3n) is 3.44. The van der Waals surface area contributed by atoms with E-state index in [1.54, 1.807) is 6.07 Å². The van der Waals surface area contributed by atoms with E-state index in [0.29, 0.717) is 18.2 Å². The molecule has 2 rings (SSSR count). The van der Waals surface area contributed by atoms with E-state index in [1.165, 1.54) is 12.1 Å². The number of hydrogen-bond acceptors (Lipinski definition) is 3. The van der Waals surface area contributed by atoms with E-state index in [9.17, 15) is 13.2 Å². The zero-order chi connectivity index (χ0) is 14.6. The molecular weight excluding hydrogens is 267 g/mol. The topological polar surface area (TPSA) is 47.9 Å². The Morgan fingerprint density at radius 3 is 2.80 bits per heavy atom. The smallest absolute Gasteiger partial charge is 0.385 e. The van der Waals surface area contributed by atoms with Gasteiger partial charge in [-0.2, -0.15) is 18.4 Å². The highest BCUT2D eigenvalue weighted by molar-refractivity contribution is 5.53. The lowest BCUT2D eigenvalue weighted by atomic mass is 9.99. The van der Waals surface area contributed by atoms with Gasteiger partial charge < -0.3 is 10.6 Å². The second-order valence-corrected chi connectivity index (χ2v) is 4.96. The van der Waals surface area contributed by atoms with Crippen molar-refractivity contribution in [1.29, 1.82) is 5.26 Å². The molecule has 1 aliphatic rings. The van der Waals surface area contributed by atoms with Crippen molar-refractivity contribution in [2.24, 2.45) is 5.92 Å². The maximum atomic E-state index is 12.7. The zero-order valence-electron chi connectivity index (χ0n) is 10.9. The van der Waals surface area contributed by atoms with E-state index in [0.717, 1.165) is 32.0 Å². The fourth-order valence-corrected chi connectivity index (χ4v) is 2.35. The molecule has 0 bridgehead atoms. The number of benzene rings is 1. The lowest BCUT2D eigenvalue weighted by molar-refractivity contribution is -0.137. The van der Waals surface area contributed by atoms with Crippen LogP contribution in [0.4, 0.5) is 18.9 Å². The standard InChI is InChI=1S/C14H16F3N3/c15-14(16,17)13-4-3-12(6-11(13)7-18)20-9-10-2-1-5-19-8-10/h3-4,6,10,19-20H,1-2,5,8-9H2. The third kappa shape index (κ3) is 3.64. The molecule has 0 radical (unpaired) electrons. The number of hydrogen-bond donors (Lipinski definition) is 2. The molecule has 0 amide bonds. The number of nitriles is 1. The van der Waals surface area contributed by atoms with Crippen LogP contribution in [0.15, 0.2) is 18.2 Å². The summed E-state index contributed by atoms with van der Waals surface area (Å²) in [6.45, 7) is 2.64. The molecule has 3 nitrogen and oxygen atoms in total. The van der Waals surface area contributed by atoms with Gasteiger partial charge in [-0.1, -0.05) is 0 Å². The van der Waals surface area contributed by atoms with Crippen molar-refractivity contribution in [3.8, 4) is 6.07 Å². The van der Waals surface area contributed by atoms with Crippen molar-refractivity contribution in [3.05, 3.63) is 29.3 Å². The Balaban J connectivity index is 2.04. The Kier molecular flexibility index (Phi) is 4.50. The van der Waals surface area contributed by atoms with E-state index in [-0.39, 0.29) is 5.56 Å². The molecule has 1 saturated heterocycles. The molecule has 0 aliphatic carbocycles. The normalized spacial score (nSPS) is 19.4. The summed E-state index contributed by atoms with van der Waals surface area (Å²) in [6, 6.07) is 5.20. The molecular formula is C14H16F3N3. The minimum absolute atomic E-state index is 0.343. The summed E-state index contributed by atoms with van der Waals surface area (Å²) in [5, 5.41) is 15.2. The predicted molar refractivity (Wildman–Crippen MR) is 70.2 cm³/mol. The van der Waals surface area contributed by atoms with Crippen LogP contribution in [0, 0.1) is 17.2 Å². The molecule has 1 heterocycles. The molecule has 0 aromatic heterocycles. The molecule has 108 valence electrons. The van der Waals surface area contributed by atoms with Crippen molar-refractivity contribution >= 4 is 5.69 Å². The summed E-state index contributed by atoms with van der Waals surface area (Å²) >= 11 is 0. The van der Waals surface area contributed by atoms with E-state index >= 15 is 0 Å². The van der Waals surface area contributed by atoms with Crippen molar-refractivity contribution in [3.63, 3.8) is 0 Å². The maximum Gasteiger partial charge on any atom is 0.417 e. The molecule has 0 saturated carbocycles. The van der Waals surface area contributed by atoms with Crippen LogP contribution >= 0.6 is 0 Å². The highest BCUT2D eigenvalue weighted by Gasteiger charge is 2.33. The van der Waals surface area contributed by atoms with Gasteiger partial charge in [0.1, 0.15) is 0 Å². The number of alkyl halides is 3. The average Bonchev–Trinajstić information content (AvgIpc) is 2.45. The summed E-state index contributed by atoms with van der Waals surface area (Å²) in [4.78, 5) is 0. The van der Waals surface area contributed by atoms with Gasteiger partial charge in [-0.15, -0.1) is 0 Å². The molecule has 2 N–H and O–H groups in total. The van der Waals surface area contributed by atoms with Crippen LogP contribution in [-0.2, 0) is 6.18 Å². The first-order valence-corrected chi connectivity index (χ1v) is 6.56. The van der Waals surface area contributed by atoms with Gasteiger partial charge in [0.05, 0.1) is 17.2 Å². The van der Waals surface area contributed by atoms with Gasteiger partial charge in [0.2, 0.25) is 0 Å². The minimum Gasteiger partial charge on any atom is -0.385 e. The molecule has 1 aliphatic heterocycles. The summed E-state index contributed by atoms with van der Waals surface area (Å²) in [5.74, 6) is 0.469. The summed E-state index contributed by atoms with van der Waals surface area (Å²) in [6.07, 6.45) is -2.27. The van der Waals surface area contributed by atoms with E-state index < -0.39 is 11.7 Å². The number of piperidine rings is 1. The lowest BCUT2D eigenvalue weighted by Gasteiger charge is -2.23. The Labute approximate surface area is 115 Å². The van der Waals surface area contributed by atoms with E-state index in [2.05, 4.69) is 10.6 Å². The molecule has 1 unspecified atom stereocenters. The van der Waals surface area contributed by atoms with Crippen LogP contribution in [0.2, 0.25) is 0 Å². The molecule has 6 heteroatoms. The quantitative estimate of drug-likeness (QED) is 0.896. The number of nitrogens with zero attached hydrogens (tertiary/aromatic N) is 1. The Morgan fingerprint density at radius 2 is 2.20 bits per heavy atom. The van der Waals surface area contributed by atoms with Gasteiger partial charge in [0.25, 0.3) is 0 Å². The summed E-state index contributed by atoms with van der Waals surface area (Å²) < 4.78 is 38.0. The fraction of sp³-hybridized carbons (Fsp3) is 0.500. The number of nitrogens with one attached hydrogen (secondary N) is 2. The summed E-state index contributed by atoms with van der Waals surface area (Å²) in [7, 11) is 0. The van der Waals surface area contributed by atoms with Gasteiger partial charge in [-0.25, -0.2) is 0 Å². The first-order valence-electron chi connectivity index (χ1n) is 6.56. The number of rotatable bonds is 3. The summed E-state index contributed by atoms with van der Waals surface area (Å²) in [5.41, 5.74) is -0.672. The van der Waals surface area contributed by atoms with Crippen LogP contribution in [0.25, 0.3) is 0 Å². The maximum absolute atomic E-state index is 12.7. The van der Waals surface area contributed by atoms with Crippen LogP contribution in [0.5, 0.6) is 0 Å². The third-order valence-corrected chi connectivity index (χ3v) is 3.44. The van der Waals surface area contributed by atoms with E-state index in [4.69, 9.17) is 5.26 Å². The van der Waals surface area contributed by atoms with Gasteiger partial charge in [-0.3, -0.25) is 0 Å². The van der Waals surface area contributed by atoms with Crippen LogP contribution < -0.4 is 10.6 Å². The van der Waals surface area contributed by atoms with Crippen LogP contribution in [-0.4, -0.2) is 19.6 Å². The number of halogens is 3. The van der Waals surface area contributed by atoms with E-state index in [1.807, 2.05) is 0 Å². The highest BCUT2D eigenvalue weighted by atomic mass is 19.4. The molecule has 1 fully saturated rings. The molecule has 1 atom stereocenters. The van der Waals surface area contributed by atoms with Crippen molar-refractivity contribution in [2.45, 2.75) is 19.0 Å². The fourth-order valence-electron chi connectivity index (χ4n) is 2.35. The number of anilines is 1. The van der Waals surface area contributed by atoms with Crippen molar-refractivity contribution in [2.75, 3.05) is 25.0 Å². The van der Waals surface area contributed by atoms with Gasteiger partial charge >= 0.3 is 6.18 Å². The predicted octanol–water partition coefficient (Wildman–Crippen LogP) is 2.99. The lowest BCUT2D eigenvalue weighted by Crippen LogP contribution is -2.33. The van der Waals surface area contributed by atoms with Crippen LogP contribution in [0.1, 0.15) is 24.0 Å².